The van der Waals surface area contributed by atoms with Gasteiger partial charge in [0.25, 0.3) is 0 Å². The van der Waals surface area contributed by atoms with Crippen molar-refractivity contribution in [3.05, 3.63) is 96.1 Å². The quantitative estimate of drug-likeness (QED) is 0.250. The van der Waals surface area contributed by atoms with E-state index in [1.165, 1.54) is 15.9 Å². The minimum Gasteiger partial charge on any atom is -0.392 e. The second-order valence-corrected chi connectivity index (χ2v) is 11.8. The largest absolute Gasteiger partial charge is 0.392 e. The van der Waals surface area contributed by atoms with Crippen LogP contribution < -0.4 is 10.6 Å². The molecular weight excluding hydrogens is 540 g/mol. The summed E-state index contributed by atoms with van der Waals surface area (Å²) < 4.78 is 0. The first kappa shape index (κ1) is 33.5. The van der Waals surface area contributed by atoms with Gasteiger partial charge in [0.15, 0.2) is 0 Å². The van der Waals surface area contributed by atoms with E-state index in [0.29, 0.717) is 6.42 Å². The number of carbonyl (C=O) groups is 3. The zero-order valence-corrected chi connectivity index (χ0v) is 26.2. The Morgan fingerprint density at radius 1 is 0.860 bits per heavy atom. The fraction of sp³-hybridized carbons (Fsp3) is 0.400. The number of hydrogen-bond acceptors (Lipinski definition) is 5. The molecule has 0 aliphatic rings. The van der Waals surface area contributed by atoms with Crippen molar-refractivity contribution in [1.29, 1.82) is 0 Å². The number of nitrogens with zero attached hydrogens (tertiary/aromatic N) is 2. The van der Waals surface area contributed by atoms with Crippen LogP contribution in [0.15, 0.2) is 84.9 Å². The highest BCUT2D eigenvalue weighted by Gasteiger charge is 2.35. The molecule has 0 saturated heterocycles. The van der Waals surface area contributed by atoms with Crippen LogP contribution in [0.5, 0.6) is 0 Å². The summed E-state index contributed by atoms with van der Waals surface area (Å²) in [6.07, 6.45) is 3.79. The Hall–Kier alpha value is -4.01. The van der Waals surface area contributed by atoms with Crippen LogP contribution >= 0.6 is 0 Å². The molecule has 0 aliphatic carbocycles. The van der Waals surface area contributed by atoms with Crippen LogP contribution in [0.1, 0.15) is 38.3 Å². The van der Waals surface area contributed by atoms with E-state index in [-0.39, 0.29) is 42.6 Å². The molecule has 8 nitrogen and oxygen atoms in total. The summed E-state index contributed by atoms with van der Waals surface area (Å²) in [5.41, 5.74) is 1.62. The Morgan fingerprint density at radius 2 is 1.49 bits per heavy atom. The van der Waals surface area contributed by atoms with Crippen LogP contribution in [-0.2, 0) is 27.2 Å². The monoisotopic (exact) mass is 586 g/mol. The molecule has 3 aromatic rings. The van der Waals surface area contributed by atoms with Crippen molar-refractivity contribution in [2.75, 3.05) is 27.7 Å². The number of nitrogens with one attached hydrogen (secondary N) is 2. The topological polar surface area (TPSA) is 102 Å². The zero-order valence-electron chi connectivity index (χ0n) is 26.2. The van der Waals surface area contributed by atoms with Crippen molar-refractivity contribution in [3.8, 4) is 0 Å². The summed E-state index contributed by atoms with van der Waals surface area (Å²) in [5.74, 6) is -1.01. The lowest BCUT2D eigenvalue weighted by molar-refractivity contribution is -0.146. The number of hydrogen-bond donors (Lipinski definition) is 3. The molecule has 0 aromatic heterocycles. The van der Waals surface area contributed by atoms with E-state index >= 15 is 0 Å². The highest BCUT2D eigenvalue weighted by atomic mass is 16.3. The third-order valence-corrected chi connectivity index (χ3v) is 7.87. The molecule has 0 aliphatic heterocycles. The average molecular weight is 587 g/mol. The van der Waals surface area contributed by atoms with Crippen molar-refractivity contribution in [1.82, 2.24) is 20.4 Å². The van der Waals surface area contributed by atoms with Gasteiger partial charge in [0, 0.05) is 39.0 Å². The molecular formula is C35H46N4O4. The molecule has 0 bridgehead atoms. The number of carbonyl (C=O) groups excluding carboxylic acids is 3. The van der Waals surface area contributed by atoms with Gasteiger partial charge in [-0.15, -0.1) is 0 Å². The molecule has 230 valence electrons. The average Bonchev–Trinajstić information content (AvgIpc) is 3.00. The molecule has 0 fully saturated rings. The van der Waals surface area contributed by atoms with Crippen molar-refractivity contribution in [2.24, 2.45) is 0 Å². The van der Waals surface area contributed by atoms with Crippen LogP contribution in [0.2, 0.25) is 0 Å². The lowest BCUT2D eigenvalue weighted by atomic mass is 9.98. The number of fused-ring (bicyclic) bond motifs is 1. The minimum absolute atomic E-state index is 0.0683. The molecule has 3 rings (SSSR count). The Labute approximate surface area is 255 Å². The minimum atomic E-state index is -0.858. The summed E-state index contributed by atoms with van der Waals surface area (Å²) in [7, 11) is 5.11. The van der Waals surface area contributed by atoms with Gasteiger partial charge in [0.1, 0.15) is 12.1 Å². The second kappa shape index (κ2) is 15.5. The van der Waals surface area contributed by atoms with E-state index in [2.05, 4.69) is 10.6 Å². The van der Waals surface area contributed by atoms with Gasteiger partial charge < -0.3 is 25.5 Å². The first-order valence-electron chi connectivity index (χ1n) is 14.8. The molecule has 0 spiro atoms. The van der Waals surface area contributed by atoms with E-state index in [0.717, 1.165) is 21.9 Å². The van der Waals surface area contributed by atoms with Crippen LogP contribution in [-0.4, -0.2) is 84.0 Å². The maximum Gasteiger partial charge on any atom is 0.246 e. The lowest BCUT2D eigenvalue weighted by Gasteiger charge is -2.34. The third-order valence-electron chi connectivity index (χ3n) is 7.87. The molecule has 3 atom stereocenters. The SMILES string of the molecule is CNC(C)(C)C/C=C/C(=O)N(C)C(Cc1ccc2ccccc2c1)C(=O)N(C)C(Cc1ccccc1)C(=O)NCC(C)O. The van der Waals surface area contributed by atoms with E-state index in [1.807, 2.05) is 99.8 Å². The number of aliphatic hydroxyl groups excluding tert-OH is 1. The summed E-state index contributed by atoms with van der Waals surface area (Å²) in [6.45, 7) is 5.75. The summed E-state index contributed by atoms with van der Waals surface area (Å²) in [5, 5.41) is 17.9. The molecule has 8 heteroatoms. The van der Waals surface area contributed by atoms with Gasteiger partial charge in [-0.2, -0.15) is 0 Å². The fourth-order valence-corrected chi connectivity index (χ4v) is 4.80. The highest BCUT2D eigenvalue weighted by molar-refractivity contribution is 5.95. The van der Waals surface area contributed by atoms with E-state index in [4.69, 9.17) is 0 Å². The van der Waals surface area contributed by atoms with Crippen LogP contribution in [0.25, 0.3) is 10.8 Å². The van der Waals surface area contributed by atoms with Gasteiger partial charge in [-0.25, -0.2) is 0 Å². The smallest absolute Gasteiger partial charge is 0.246 e. The predicted molar refractivity (Wildman–Crippen MR) is 173 cm³/mol. The molecule has 3 N–H and O–H groups in total. The van der Waals surface area contributed by atoms with Crippen molar-refractivity contribution in [3.63, 3.8) is 0 Å². The number of rotatable bonds is 14. The van der Waals surface area contributed by atoms with Gasteiger partial charge in [-0.3, -0.25) is 14.4 Å². The molecule has 3 aromatic carbocycles. The first-order valence-corrected chi connectivity index (χ1v) is 14.8. The molecule has 3 amide bonds. The molecule has 3 unspecified atom stereocenters. The van der Waals surface area contributed by atoms with E-state index < -0.39 is 18.2 Å². The number of benzene rings is 3. The Kier molecular flexibility index (Phi) is 12.0. The Balaban J connectivity index is 1.94. The first-order chi connectivity index (χ1) is 20.4. The van der Waals surface area contributed by atoms with Crippen LogP contribution in [0, 0.1) is 0 Å². The predicted octanol–water partition coefficient (Wildman–Crippen LogP) is 3.72. The molecule has 0 heterocycles. The highest BCUT2D eigenvalue weighted by Crippen LogP contribution is 2.20. The summed E-state index contributed by atoms with van der Waals surface area (Å²) in [6, 6.07) is 21.8. The number of amides is 3. The molecule has 0 radical (unpaired) electrons. The van der Waals surface area contributed by atoms with Gasteiger partial charge in [-0.05, 0) is 62.2 Å². The maximum absolute atomic E-state index is 14.3. The number of aliphatic hydroxyl groups is 1. The fourth-order valence-electron chi connectivity index (χ4n) is 4.80. The Bertz CT molecular complexity index is 1400. The normalized spacial score (nSPS) is 13.8. The summed E-state index contributed by atoms with van der Waals surface area (Å²) in [4.78, 5) is 44.0. The second-order valence-electron chi connectivity index (χ2n) is 11.8. The van der Waals surface area contributed by atoms with Crippen LogP contribution in [0.3, 0.4) is 0 Å². The number of likely N-dealkylation sites (N-methyl/N-ethyl adjacent to an activating group) is 2. The maximum atomic E-state index is 14.3. The standard InChI is InChI=1S/C35H46N4O4/c1-25(40)24-37-33(42)30(22-26-13-8-7-9-14-26)39(6)34(43)31(38(5)32(41)17-12-20-35(2,3)36-4)23-27-18-19-28-15-10-11-16-29(28)21-27/h7-19,21,25,30-31,36,40H,20,22-24H2,1-6H3,(H,37,42)/b17-12+. The Morgan fingerprint density at radius 3 is 2.14 bits per heavy atom. The van der Waals surface area contributed by atoms with Gasteiger partial charge in [0.05, 0.1) is 6.10 Å². The molecule has 43 heavy (non-hydrogen) atoms. The lowest BCUT2D eigenvalue weighted by Crippen LogP contribution is -2.56. The van der Waals surface area contributed by atoms with Gasteiger partial charge in [0.2, 0.25) is 17.7 Å². The van der Waals surface area contributed by atoms with Gasteiger partial charge >= 0.3 is 0 Å². The van der Waals surface area contributed by atoms with Crippen molar-refractivity contribution < 1.29 is 19.5 Å². The van der Waals surface area contributed by atoms with E-state index in [1.54, 1.807) is 21.0 Å². The zero-order chi connectivity index (χ0) is 31.6. The van der Waals surface area contributed by atoms with E-state index in [9.17, 15) is 19.5 Å². The van der Waals surface area contributed by atoms with Crippen molar-refractivity contribution in [2.45, 2.75) is 63.8 Å². The molecule has 0 saturated carbocycles. The summed E-state index contributed by atoms with van der Waals surface area (Å²) >= 11 is 0. The van der Waals surface area contributed by atoms with Crippen molar-refractivity contribution >= 4 is 28.5 Å². The van der Waals surface area contributed by atoms with Crippen LogP contribution in [0.4, 0.5) is 0 Å². The van der Waals surface area contributed by atoms with Gasteiger partial charge in [-0.1, -0.05) is 78.9 Å². The third kappa shape index (κ3) is 9.76.